The van der Waals surface area contributed by atoms with E-state index in [-0.39, 0.29) is 0 Å². The van der Waals surface area contributed by atoms with Gasteiger partial charge >= 0.3 is 0 Å². The van der Waals surface area contributed by atoms with E-state index in [0.29, 0.717) is 4.75 Å². The molecule has 88 valence electrons. The fourth-order valence-electron chi connectivity index (χ4n) is 2.63. The predicted molar refractivity (Wildman–Crippen MR) is 72.9 cm³/mol. The number of nitrogens with one attached hydrogen (secondary N) is 1. The maximum atomic E-state index is 3.45. The molecule has 1 aromatic rings. The minimum atomic E-state index is 0.460. The number of piperidine rings is 1. The third kappa shape index (κ3) is 2.01. The van der Waals surface area contributed by atoms with Gasteiger partial charge in [-0.05, 0) is 37.1 Å². The SMILES string of the molecule is CC.c1ccc2c(c1)CSC21CCNCC1. The molecule has 0 saturated carbocycles. The Hall–Kier alpha value is -0.470. The Morgan fingerprint density at radius 3 is 2.56 bits per heavy atom. The molecule has 16 heavy (non-hydrogen) atoms. The molecule has 3 rings (SSSR count). The monoisotopic (exact) mass is 235 g/mol. The van der Waals surface area contributed by atoms with Gasteiger partial charge in [-0.25, -0.2) is 0 Å². The van der Waals surface area contributed by atoms with Gasteiger partial charge in [0.1, 0.15) is 0 Å². The molecule has 0 radical (unpaired) electrons. The molecular formula is C14H21NS. The Labute approximate surface area is 103 Å². The third-order valence-corrected chi connectivity index (χ3v) is 5.06. The van der Waals surface area contributed by atoms with Crippen LogP contribution in [0.4, 0.5) is 0 Å². The number of thioether (sulfide) groups is 1. The summed E-state index contributed by atoms with van der Waals surface area (Å²) in [6.45, 7) is 6.36. The molecule has 2 aliphatic heterocycles. The minimum Gasteiger partial charge on any atom is -0.317 e. The summed E-state index contributed by atoms with van der Waals surface area (Å²) in [7, 11) is 0. The molecule has 2 heteroatoms. The normalized spacial score (nSPS) is 21.1. The van der Waals surface area contributed by atoms with E-state index >= 15 is 0 Å². The molecule has 0 amide bonds. The van der Waals surface area contributed by atoms with Crippen molar-refractivity contribution in [2.75, 3.05) is 13.1 Å². The smallest absolute Gasteiger partial charge is 0.0438 e. The first kappa shape index (κ1) is 12.0. The maximum absolute atomic E-state index is 3.45. The van der Waals surface area contributed by atoms with E-state index in [1.54, 1.807) is 11.1 Å². The molecule has 1 spiro atoms. The van der Waals surface area contributed by atoms with Crippen molar-refractivity contribution in [2.24, 2.45) is 0 Å². The number of fused-ring (bicyclic) bond motifs is 2. The molecule has 1 saturated heterocycles. The zero-order valence-electron chi connectivity index (χ0n) is 10.3. The Morgan fingerprint density at radius 2 is 1.81 bits per heavy atom. The van der Waals surface area contributed by atoms with Gasteiger partial charge in [-0.15, -0.1) is 11.8 Å². The molecule has 1 N–H and O–H groups in total. The van der Waals surface area contributed by atoms with Gasteiger partial charge in [0.25, 0.3) is 0 Å². The summed E-state index contributed by atoms with van der Waals surface area (Å²) >= 11 is 2.15. The van der Waals surface area contributed by atoms with Crippen LogP contribution in [0.5, 0.6) is 0 Å². The van der Waals surface area contributed by atoms with E-state index in [0.717, 1.165) is 0 Å². The second kappa shape index (κ2) is 5.24. The minimum absolute atomic E-state index is 0.460. The summed E-state index contributed by atoms with van der Waals surface area (Å²) in [5.41, 5.74) is 3.19. The van der Waals surface area contributed by atoms with Crippen LogP contribution in [0.2, 0.25) is 0 Å². The second-order valence-corrected chi connectivity index (χ2v) is 5.55. The first-order valence-electron chi connectivity index (χ1n) is 6.34. The molecule has 0 aliphatic carbocycles. The molecule has 0 unspecified atom stereocenters. The fraction of sp³-hybridized carbons (Fsp3) is 0.571. The highest BCUT2D eigenvalue weighted by molar-refractivity contribution is 7.99. The van der Waals surface area contributed by atoms with Gasteiger partial charge in [0.05, 0.1) is 0 Å². The van der Waals surface area contributed by atoms with Crippen LogP contribution in [0.25, 0.3) is 0 Å². The van der Waals surface area contributed by atoms with Gasteiger partial charge in [0, 0.05) is 10.5 Å². The lowest BCUT2D eigenvalue weighted by atomic mass is 9.87. The summed E-state index contributed by atoms with van der Waals surface area (Å²) in [4.78, 5) is 0. The third-order valence-electron chi connectivity index (χ3n) is 3.42. The van der Waals surface area contributed by atoms with E-state index in [2.05, 4.69) is 41.3 Å². The van der Waals surface area contributed by atoms with Gasteiger partial charge in [0.2, 0.25) is 0 Å². The van der Waals surface area contributed by atoms with Crippen LogP contribution in [-0.2, 0) is 10.5 Å². The van der Waals surface area contributed by atoms with Crippen molar-refractivity contribution in [1.82, 2.24) is 5.32 Å². The van der Waals surface area contributed by atoms with Crippen LogP contribution in [0.15, 0.2) is 24.3 Å². The highest BCUT2D eigenvalue weighted by Gasteiger charge is 2.39. The first-order valence-corrected chi connectivity index (χ1v) is 7.32. The predicted octanol–water partition coefficient (Wildman–Crippen LogP) is 3.54. The zero-order chi connectivity index (χ0) is 11.4. The van der Waals surface area contributed by atoms with E-state index < -0.39 is 0 Å². The highest BCUT2D eigenvalue weighted by atomic mass is 32.2. The van der Waals surface area contributed by atoms with Crippen molar-refractivity contribution in [1.29, 1.82) is 0 Å². The van der Waals surface area contributed by atoms with Crippen molar-refractivity contribution in [3.63, 3.8) is 0 Å². The summed E-state index contributed by atoms with van der Waals surface area (Å²) in [5, 5.41) is 3.45. The molecule has 0 aromatic heterocycles. The Bertz CT molecular complexity index is 337. The van der Waals surface area contributed by atoms with Crippen molar-refractivity contribution >= 4 is 11.8 Å². The largest absolute Gasteiger partial charge is 0.317 e. The highest BCUT2D eigenvalue weighted by Crippen LogP contribution is 2.52. The molecular weight excluding hydrogens is 214 g/mol. The quantitative estimate of drug-likeness (QED) is 0.738. The molecule has 1 aromatic carbocycles. The van der Waals surface area contributed by atoms with Crippen LogP contribution < -0.4 is 5.32 Å². The average Bonchev–Trinajstić information content (AvgIpc) is 2.73. The van der Waals surface area contributed by atoms with Crippen molar-refractivity contribution in [3.05, 3.63) is 35.4 Å². The Balaban J connectivity index is 0.000000457. The van der Waals surface area contributed by atoms with E-state index in [1.807, 2.05) is 13.8 Å². The van der Waals surface area contributed by atoms with Gasteiger partial charge in [-0.1, -0.05) is 38.1 Å². The lowest BCUT2D eigenvalue weighted by Gasteiger charge is -2.34. The standard InChI is InChI=1S/C12H15NS.C2H6/c1-2-4-11-10(3-1)9-14-12(11)5-7-13-8-6-12;1-2/h1-4,13H,5-9H2;1-2H3. The topological polar surface area (TPSA) is 12.0 Å². The van der Waals surface area contributed by atoms with Crippen molar-refractivity contribution < 1.29 is 0 Å². The van der Waals surface area contributed by atoms with E-state index in [9.17, 15) is 0 Å². The number of hydrogen-bond acceptors (Lipinski definition) is 2. The van der Waals surface area contributed by atoms with Crippen molar-refractivity contribution in [2.45, 2.75) is 37.2 Å². The van der Waals surface area contributed by atoms with Crippen LogP contribution >= 0.6 is 11.8 Å². The van der Waals surface area contributed by atoms with Gasteiger partial charge in [-0.2, -0.15) is 0 Å². The lowest BCUT2D eigenvalue weighted by molar-refractivity contribution is 0.427. The van der Waals surface area contributed by atoms with E-state index in [1.165, 1.54) is 31.7 Å². The number of hydrogen-bond donors (Lipinski definition) is 1. The molecule has 2 heterocycles. The second-order valence-electron chi connectivity index (χ2n) is 4.19. The average molecular weight is 235 g/mol. The summed E-state index contributed by atoms with van der Waals surface area (Å²) in [6.07, 6.45) is 2.60. The summed E-state index contributed by atoms with van der Waals surface area (Å²) < 4.78 is 0.460. The van der Waals surface area contributed by atoms with Crippen LogP contribution in [0.1, 0.15) is 37.8 Å². The first-order chi connectivity index (χ1) is 7.91. The van der Waals surface area contributed by atoms with Gasteiger partial charge < -0.3 is 5.32 Å². The molecule has 2 aliphatic rings. The van der Waals surface area contributed by atoms with Gasteiger partial charge in [-0.3, -0.25) is 0 Å². The van der Waals surface area contributed by atoms with Gasteiger partial charge in [0.15, 0.2) is 0 Å². The lowest BCUT2D eigenvalue weighted by Crippen LogP contribution is -2.36. The summed E-state index contributed by atoms with van der Waals surface area (Å²) in [5.74, 6) is 1.22. The maximum Gasteiger partial charge on any atom is 0.0438 e. The molecule has 1 nitrogen and oxygen atoms in total. The number of benzene rings is 1. The fourth-order valence-corrected chi connectivity index (χ4v) is 4.16. The van der Waals surface area contributed by atoms with Crippen molar-refractivity contribution in [3.8, 4) is 0 Å². The van der Waals surface area contributed by atoms with Crippen LogP contribution in [0.3, 0.4) is 0 Å². The zero-order valence-corrected chi connectivity index (χ0v) is 11.1. The Kier molecular flexibility index (Phi) is 3.93. The summed E-state index contributed by atoms with van der Waals surface area (Å²) in [6, 6.07) is 8.98. The molecule has 1 fully saturated rings. The van der Waals surface area contributed by atoms with Crippen LogP contribution in [-0.4, -0.2) is 13.1 Å². The van der Waals surface area contributed by atoms with Crippen LogP contribution in [0, 0.1) is 0 Å². The molecule has 0 bridgehead atoms. The Morgan fingerprint density at radius 1 is 1.12 bits per heavy atom. The van der Waals surface area contributed by atoms with E-state index in [4.69, 9.17) is 0 Å². The molecule has 0 atom stereocenters. The number of rotatable bonds is 0.